The lowest BCUT2D eigenvalue weighted by molar-refractivity contribution is -0.132. The van der Waals surface area contributed by atoms with Crippen molar-refractivity contribution in [3.8, 4) is 11.5 Å². The minimum atomic E-state index is -1.01. The van der Waals surface area contributed by atoms with Crippen LogP contribution in [0.3, 0.4) is 0 Å². The Morgan fingerprint density at radius 1 is 1.21 bits per heavy atom. The molecule has 3 heterocycles. The first-order valence-corrected chi connectivity index (χ1v) is 14.9. The van der Waals surface area contributed by atoms with E-state index in [1.165, 1.54) is 4.90 Å². The number of benzene rings is 2. The molecule has 42 heavy (non-hydrogen) atoms. The fraction of sp³-hybridized carbons (Fsp3) is 0.375. The standard InChI is InChI=1S/C32H34N2O7S/c1-6-39-31(38)29-19(5)33-32(42-29)34-26(20-8-7-9-23(16-20)40-13-12-17(2)3)25(28(36)30(34)37)27(35)21-10-11-24-22(15-21)14-18(4)41-24/h7-11,15-18,26,35H,6,12-14H2,1-5H3/b27-25+. The first-order chi connectivity index (χ1) is 20.1. The highest BCUT2D eigenvalue weighted by molar-refractivity contribution is 7.17. The van der Waals surface area contributed by atoms with Crippen LogP contribution in [0.15, 0.2) is 48.0 Å². The molecule has 0 radical (unpaired) electrons. The van der Waals surface area contributed by atoms with Crippen LogP contribution in [0.4, 0.5) is 5.13 Å². The molecule has 0 spiro atoms. The molecule has 1 N–H and O–H groups in total. The monoisotopic (exact) mass is 590 g/mol. The van der Waals surface area contributed by atoms with Gasteiger partial charge in [-0.25, -0.2) is 9.78 Å². The van der Waals surface area contributed by atoms with E-state index in [-0.39, 0.29) is 34.1 Å². The number of amides is 1. The van der Waals surface area contributed by atoms with Gasteiger partial charge in [0.25, 0.3) is 5.78 Å². The average molecular weight is 591 g/mol. The van der Waals surface area contributed by atoms with Gasteiger partial charge in [-0.2, -0.15) is 0 Å². The maximum Gasteiger partial charge on any atom is 0.350 e. The van der Waals surface area contributed by atoms with Crippen molar-refractivity contribution in [1.29, 1.82) is 0 Å². The minimum Gasteiger partial charge on any atom is -0.507 e. The smallest absolute Gasteiger partial charge is 0.350 e. The molecule has 0 saturated carbocycles. The molecule has 0 aliphatic carbocycles. The number of carbonyl (C=O) groups excluding carboxylic acids is 3. The minimum absolute atomic E-state index is 0.00292. The van der Waals surface area contributed by atoms with Crippen LogP contribution in [0.5, 0.6) is 11.5 Å². The van der Waals surface area contributed by atoms with E-state index >= 15 is 0 Å². The van der Waals surface area contributed by atoms with Crippen molar-refractivity contribution < 1.29 is 33.7 Å². The van der Waals surface area contributed by atoms with Crippen LogP contribution in [0, 0.1) is 12.8 Å². The van der Waals surface area contributed by atoms with E-state index in [2.05, 4.69) is 18.8 Å². The number of esters is 1. The summed E-state index contributed by atoms with van der Waals surface area (Å²) in [6.45, 7) is 10.2. The third-order valence-electron chi connectivity index (χ3n) is 7.20. The predicted molar refractivity (Wildman–Crippen MR) is 159 cm³/mol. The number of aliphatic hydroxyl groups is 1. The number of aryl methyl sites for hydroxylation is 1. The van der Waals surface area contributed by atoms with Crippen molar-refractivity contribution >= 4 is 39.9 Å². The number of rotatable bonds is 9. The van der Waals surface area contributed by atoms with Crippen LogP contribution >= 0.6 is 11.3 Å². The van der Waals surface area contributed by atoms with Crippen LogP contribution in [0.1, 0.15) is 72.2 Å². The van der Waals surface area contributed by atoms with Gasteiger partial charge in [0.05, 0.1) is 30.5 Å². The van der Waals surface area contributed by atoms with Crippen LogP contribution in [-0.2, 0) is 20.7 Å². The summed E-state index contributed by atoms with van der Waals surface area (Å²) in [6.07, 6.45) is 1.53. The van der Waals surface area contributed by atoms with E-state index in [0.717, 1.165) is 29.1 Å². The maximum atomic E-state index is 13.7. The topological polar surface area (TPSA) is 115 Å². The van der Waals surface area contributed by atoms with Crippen molar-refractivity contribution in [3.05, 3.63) is 75.3 Å². The SMILES string of the molecule is CCOC(=O)c1sc(N2C(=O)C(=O)/C(=C(/O)c3ccc4c(c3)CC(C)O4)C2c2cccc(OCCC(C)C)c2)nc1C. The van der Waals surface area contributed by atoms with Crippen LogP contribution in [0.2, 0.25) is 0 Å². The lowest BCUT2D eigenvalue weighted by Crippen LogP contribution is -2.29. The third-order valence-corrected chi connectivity index (χ3v) is 8.34. The van der Waals surface area contributed by atoms with E-state index in [4.69, 9.17) is 14.2 Å². The number of nitrogens with zero attached hydrogens (tertiary/aromatic N) is 2. The molecule has 1 amide bonds. The zero-order valence-corrected chi connectivity index (χ0v) is 25.1. The number of Topliss-reactive ketones (excluding diaryl/α,β-unsaturated/α-hetero) is 1. The fourth-order valence-electron chi connectivity index (χ4n) is 5.13. The number of ether oxygens (including phenoxy) is 3. The Labute approximate surface area is 248 Å². The molecule has 10 heteroatoms. The second-order valence-corrected chi connectivity index (χ2v) is 11.8. The number of aromatic nitrogens is 1. The number of aliphatic hydroxyl groups excluding tert-OH is 1. The molecule has 3 aromatic rings. The van der Waals surface area contributed by atoms with Gasteiger partial charge in [0.1, 0.15) is 28.2 Å². The summed E-state index contributed by atoms with van der Waals surface area (Å²) >= 11 is 0.972. The van der Waals surface area contributed by atoms with Gasteiger partial charge in [0, 0.05) is 12.0 Å². The summed E-state index contributed by atoms with van der Waals surface area (Å²) in [7, 11) is 0. The highest BCUT2D eigenvalue weighted by Gasteiger charge is 2.48. The predicted octanol–water partition coefficient (Wildman–Crippen LogP) is 6.00. The molecule has 0 bridgehead atoms. The zero-order chi connectivity index (χ0) is 30.1. The van der Waals surface area contributed by atoms with Crippen molar-refractivity contribution in [1.82, 2.24) is 4.98 Å². The van der Waals surface area contributed by atoms with Gasteiger partial charge in [-0.05, 0) is 74.6 Å². The molecule has 5 rings (SSSR count). The number of thiazole rings is 1. The number of fused-ring (bicyclic) bond motifs is 1. The van der Waals surface area contributed by atoms with Crippen LogP contribution in [-0.4, -0.2) is 47.1 Å². The third kappa shape index (κ3) is 5.63. The Kier molecular flexibility index (Phi) is 8.36. The molecular formula is C32H34N2O7S. The van der Waals surface area contributed by atoms with E-state index < -0.39 is 23.7 Å². The number of hydrogen-bond acceptors (Lipinski definition) is 9. The van der Waals surface area contributed by atoms with Crippen molar-refractivity contribution in [2.45, 2.75) is 59.6 Å². The summed E-state index contributed by atoms with van der Waals surface area (Å²) in [5.41, 5.74) is 2.18. The van der Waals surface area contributed by atoms with Gasteiger partial charge in [0.2, 0.25) is 0 Å². The van der Waals surface area contributed by atoms with Crippen molar-refractivity contribution in [2.24, 2.45) is 5.92 Å². The maximum absolute atomic E-state index is 13.7. The number of ketones is 1. The molecule has 2 atom stereocenters. The molecule has 1 fully saturated rings. The molecule has 2 aliphatic rings. The second-order valence-electron chi connectivity index (χ2n) is 10.9. The van der Waals surface area contributed by atoms with Gasteiger partial charge in [-0.15, -0.1) is 0 Å². The molecule has 2 aromatic carbocycles. The summed E-state index contributed by atoms with van der Waals surface area (Å²) in [5, 5.41) is 11.8. The van der Waals surface area contributed by atoms with E-state index in [1.54, 1.807) is 50.2 Å². The van der Waals surface area contributed by atoms with Crippen molar-refractivity contribution in [2.75, 3.05) is 18.1 Å². The molecular weight excluding hydrogens is 556 g/mol. The van der Waals surface area contributed by atoms with E-state index in [1.807, 2.05) is 13.0 Å². The first-order valence-electron chi connectivity index (χ1n) is 14.1. The molecule has 1 saturated heterocycles. The Balaban J connectivity index is 1.63. The van der Waals surface area contributed by atoms with E-state index in [0.29, 0.717) is 41.5 Å². The first kappa shape index (κ1) is 29.3. The highest BCUT2D eigenvalue weighted by atomic mass is 32.1. The summed E-state index contributed by atoms with van der Waals surface area (Å²) in [4.78, 5) is 45.8. The molecule has 2 aliphatic heterocycles. The molecule has 2 unspecified atom stereocenters. The number of anilines is 1. The quantitative estimate of drug-likeness (QED) is 0.140. The van der Waals surface area contributed by atoms with Crippen LogP contribution < -0.4 is 14.4 Å². The van der Waals surface area contributed by atoms with Gasteiger partial charge in [0.15, 0.2) is 5.13 Å². The summed E-state index contributed by atoms with van der Waals surface area (Å²) in [5.74, 6) is -0.788. The average Bonchev–Trinajstić information content (AvgIpc) is 3.60. The summed E-state index contributed by atoms with van der Waals surface area (Å²) < 4.78 is 16.9. The summed E-state index contributed by atoms with van der Waals surface area (Å²) in [6, 6.07) is 11.3. The van der Waals surface area contributed by atoms with Gasteiger partial charge < -0.3 is 19.3 Å². The van der Waals surface area contributed by atoms with Gasteiger partial charge >= 0.3 is 11.9 Å². The lowest BCUT2D eigenvalue weighted by Gasteiger charge is -2.23. The Bertz CT molecular complexity index is 1570. The molecule has 220 valence electrons. The Morgan fingerprint density at radius 2 is 2.00 bits per heavy atom. The Morgan fingerprint density at radius 3 is 2.74 bits per heavy atom. The Hall–Kier alpha value is -4.18. The van der Waals surface area contributed by atoms with E-state index in [9.17, 15) is 19.5 Å². The van der Waals surface area contributed by atoms with Crippen molar-refractivity contribution in [3.63, 3.8) is 0 Å². The number of hydrogen-bond donors (Lipinski definition) is 1. The van der Waals surface area contributed by atoms with Gasteiger partial charge in [-0.3, -0.25) is 14.5 Å². The second kappa shape index (κ2) is 12.0. The molecule has 1 aromatic heterocycles. The molecule has 9 nitrogen and oxygen atoms in total. The van der Waals surface area contributed by atoms with Gasteiger partial charge in [-0.1, -0.05) is 37.3 Å². The highest BCUT2D eigenvalue weighted by Crippen LogP contribution is 2.45. The zero-order valence-electron chi connectivity index (χ0n) is 24.3. The van der Waals surface area contributed by atoms with Crippen LogP contribution in [0.25, 0.3) is 5.76 Å². The normalized spacial score (nSPS) is 19.2. The fourth-order valence-corrected chi connectivity index (χ4v) is 6.12. The lowest BCUT2D eigenvalue weighted by atomic mass is 9.94. The largest absolute Gasteiger partial charge is 0.507 e. The number of carbonyl (C=O) groups is 3.